The maximum atomic E-state index is 13.2. The van der Waals surface area contributed by atoms with Gasteiger partial charge in [0.15, 0.2) is 0 Å². The fraction of sp³-hybridized carbons (Fsp3) is 0.143. The number of hydrogen-bond donors (Lipinski definition) is 0. The molecule has 1 aliphatic heterocycles. The maximum absolute atomic E-state index is 13.2. The summed E-state index contributed by atoms with van der Waals surface area (Å²) in [5, 5.41) is 0. The highest BCUT2D eigenvalue weighted by Crippen LogP contribution is 2.51. The molecule has 130 valence electrons. The lowest BCUT2D eigenvalue weighted by Gasteiger charge is -2.42. The van der Waals surface area contributed by atoms with Crippen molar-refractivity contribution in [2.75, 3.05) is 4.90 Å². The molecule has 1 amide bonds. The lowest BCUT2D eigenvalue weighted by Crippen LogP contribution is -2.47. The highest BCUT2D eigenvalue weighted by molar-refractivity contribution is 7.80. The van der Waals surface area contributed by atoms with Gasteiger partial charge in [-0.3, -0.25) is 9.69 Å². The van der Waals surface area contributed by atoms with Crippen LogP contribution in [0.2, 0.25) is 0 Å². The van der Waals surface area contributed by atoms with E-state index in [1.807, 2.05) is 59.5 Å². The van der Waals surface area contributed by atoms with E-state index in [-0.39, 0.29) is 5.91 Å². The molecule has 0 unspecified atom stereocenters. The molecule has 0 radical (unpaired) electrons. The molecule has 0 N–H and O–H groups in total. The molecule has 0 saturated carbocycles. The first-order valence-electron chi connectivity index (χ1n) is 8.30. The van der Waals surface area contributed by atoms with Gasteiger partial charge in [0.2, 0.25) is 0 Å². The molecular formula is C21H17NOS3. The average Bonchev–Trinajstić information content (AvgIpc) is 3.04. The van der Waals surface area contributed by atoms with E-state index >= 15 is 0 Å². The number of para-hydroxylation sites is 1. The van der Waals surface area contributed by atoms with Gasteiger partial charge < -0.3 is 0 Å². The molecule has 2 heterocycles. The minimum absolute atomic E-state index is 0.0266. The maximum Gasteiger partial charge on any atom is 0.251 e. The Morgan fingerprint density at radius 3 is 2.50 bits per heavy atom. The Morgan fingerprint density at radius 2 is 1.73 bits per heavy atom. The normalized spacial score (nSPS) is 14.9. The van der Waals surface area contributed by atoms with Gasteiger partial charge in [0.25, 0.3) is 5.91 Å². The average molecular weight is 396 g/mol. The Morgan fingerprint density at radius 1 is 1.04 bits per heavy atom. The summed E-state index contributed by atoms with van der Waals surface area (Å²) in [6.07, 6.45) is 3.52. The number of amides is 1. The molecule has 3 aromatic rings. The summed E-state index contributed by atoms with van der Waals surface area (Å²) in [5.41, 5.74) is 3.65. The molecule has 0 atom stereocenters. The van der Waals surface area contributed by atoms with Crippen molar-refractivity contribution in [2.45, 2.75) is 19.4 Å². The van der Waals surface area contributed by atoms with E-state index in [1.54, 1.807) is 26.8 Å². The zero-order valence-electron chi connectivity index (χ0n) is 14.4. The SMILES string of the molecule is CC1(C)c2ssc(=S)c2-c2ccccc2N1C(=O)/C=C/c1ccccc1. The van der Waals surface area contributed by atoms with Crippen molar-refractivity contribution in [3.8, 4) is 11.1 Å². The highest BCUT2D eigenvalue weighted by Gasteiger charge is 2.42. The summed E-state index contributed by atoms with van der Waals surface area (Å²) >= 11 is 5.58. The van der Waals surface area contributed by atoms with Crippen LogP contribution >= 0.6 is 32.9 Å². The Kier molecular flexibility index (Phi) is 4.39. The Hall–Kier alpha value is -2.08. The zero-order chi connectivity index (χ0) is 18.3. The van der Waals surface area contributed by atoms with E-state index in [9.17, 15) is 4.79 Å². The Bertz CT molecular complexity index is 1060. The van der Waals surface area contributed by atoms with E-state index in [0.717, 1.165) is 31.1 Å². The van der Waals surface area contributed by atoms with Crippen molar-refractivity contribution in [1.82, 2.24) is 0 Å². The third kappa shape index (κ3) is 2.76. The molecular weight excluding hydrogens is 378 g/mol. The number of hydrogen-bond acceptors (Lipinski definition) is 4. The molecule has 0 bridgehead atoms. The molecule has 0 spiro atoms. The largest absolute Gasteiger partial charge is 0.298 e. The van der Waals surface area contributed by atoms with Gasteiger partial charge in [-0.15, -0.1) is 0 Å². The minimum atomic E-state index is -0.444. The summed E-state index contributed by atoms with van der Waals surface area (Å²) in [7, 11) is 3.29. The van der Waals surface area contributed by atoms with E-state index in [0.29, 0.717) is 0 Å². The second-order valence-electron chi connectivity index (χ2n) is 6.65. The topological polar surface area (TPSA) is 20.3 Å². The van der Waals surface area contributed by atoms with Crippen LogP contribution in [0.3, 0.4) is 0 Å². The van der Waals surface area contributed by atoms with Gasteiger partial charge in [-0.05, 0) is 31.6 Å². The number of fused-ring (bicyclic) bond motifs is 3. The van der Waals surface area contributed by atoms with Crippen molar-refractivity contribution in [2.24, 2.45) is 0 Å². The van der Waals surface area contributed by atoms with E-state index < -0.39 is 5.54 Å². The second-order valence-corrected chi connectivity index (χ2v) is 9.47. The van der Waals surface area contributed by atoms with Crippen molar-refractivity contribution >= 4 is 50.6 Å². The fourth-order valence-corrected chi connectivity index (χ4v) is 6.66. The Labute approximate surface area is 165 Å². The van der Waals surface area contributed by atoms with Crippen molar-refractivity contribution in [3.63, 3.8) is 0 Å². The number of carbonyl (C=O) groups is 1. The van der Waals surface area contributed by atoms with Gasteiger partial charge in [-0.1, -0.05) is 81.4 Å². The summed E-state index contributed by atoms with van der Waals surface area (Å²) < 4.78 is 0.900. The van der Waals surface area contributed by atoms with Crippen LogP contribution in [-0.2, 0) is 10.3 Å². The van der Waals surface area contributed by atoms with Gasteiger partial charge in [-0.25, -0.2) is 0 Å². The van der Waals surface area contributed by atoms with Gasteiger partial charge in [0.1, 0.15) is 3.82 Å². The van der Waals surface area contributed by atoms with Crippen LogP contribution in [0, 0.1) is 3.82 Å². The molecule has 2 aromatic carbocycles. The standard InChI is InChI=1S/C21H17NOS3/c1-21(2)19-18(20(24)26-25-19)15-10-6-7-11-16(15)22(21)17(23)13-12-14-8-4-3-5-9-14/h3-13H,1-2H3/b13-12+. The van der Waals surface area contributed by atoms with Crippen LogP contribution in [0.1, 0.15) is 24.3 Å². The summed E-state index contributed by atoms with van der Waals surface area (Å²) in [6.45, 7) is 4.18. The molecule has 0 aliphatic carbocycles. The van der Waals surface area contributed by atoms with Crippen molar-refractivity contribution in [1.29, 1.82) is 0 Å². The van der Waals surface area contributed by atoms with Gasteiger partial charge in [0, 0.05) is 17.2 Å². The lowest BCUT2D eigenvalue weighted by atomic mass is 9.87. The molecule has 1 aromatic heterocycles. The number of benzene rings is 2. The first-order chi connectivity index (χ1) is 12.5. The first-order valence-corrected chi connectivity index (χ1v) is 10.9. The molecule has 26 heavy (non-hydrogen) atoms. The number of rotatable bonds is 2. The lowest BCUT2D eigenvalue weighted by molar-refractivity contribution is -0.115. The summed E-state index contributed by atoms with van der Waals surface area (Å²) in [5.74, 6) is -0.0266. The van der Waals surface area contributed by atoms with Crippen LogP contribution in [-0.4, -0.2) is 5.91 Å². The van der Waals surface area contributed by atoms with Crippen molar-refractivity contribution in [3.05, 3.63) is 74.9 Å². The highest BCUT2D eigenvalue weighted by atomic mass is 32.9. The number of carbonyl (C=O) groups excluding carboxylic acids is 1. The van der Waals surface area contributed by atoms with Gasteiger partial charge in [0.05, 0.1) is 16.1 Å². The number of anilines is 1. The monoisotopic (exact) mass is 395 g/mol. The van der Waals surface area contributed by atoms with Crippen LogP contribution < -0.4 is 4.90 Å². The molecule has 5 heteroatoms. The predicted molar refractivity (Wildman–Crippen MR) is 114 cm³/mol. The molecule has 0 fully saturated rings. The van der Waals surface area contributed by atoms with E-state index in [4.69, 9.17) is 12.2 Å². The van der Waals surface area contributed by atoms with E-state index in [2.05, 4.69) is 19.9 Å². The molecule has 0 saturated heterocycles. The third-order valence-electron chi connectivity index (χ3n) is 4.60. The summed E-state index contributed by atoms with van der Waals surface area (Å²) in [6, 6.07) is 17.9. The van der Waals surface area contributed by atoms with Crippen LogP contribution in [0.4, 0.5) is 5.69 Å². The van der Waals surface area contributed by atoms with Gasteiger partial charge >= 0.3 is 0 Å². The van der Waals surface area contributed by atoms with Crippen molar-refractivity contribution < 1.29 is 4.79 Å². The van der Waals surface area contributed by atoms with Crippen LogP contribution in [0.15, 0.2) is 60.7 Å². The molecule has 2 nitrogen and oxygen atoms in total. The predicted octanol–water partition coefficient (Wildman–Crippen LogP) is 6.50. The van der Waals surface area contributed by atoms with Crippen LogP contribution in [0.5, 0.6) is 0 Å². The second kappa shape index (κ2) is 6.58. The third-order valence-corrected chi connectivity index (χ3v) is 7.93. The van der Waals surface area contributed by atoms with E-state index in [1.165, 1.54) is 0 Å². The summed E-state index contributed by atoms with van der Waals surface area (Å²) in [4.78, 5) is 16.2. The minimum Gasteiger partial charge on any atom is -0.298 e. The van der Waals surface area contributed by atoms with Gasteiger partial charge in [-0.2, -0.15) is 0 Å². The fourth-order valence-electron chi connectivity index (χ4n) is 3.38. The molecule has 1 aliphatic rings. The Balaban J connectivity index is 1.82. The quantitative estimate of drug-likeness (QED) is 0.280. The number of nitrogens with zero attached hydrogens (tertiary/aromatic N) is 1. The zero-order valence-corrected chi connectivity index (χ0v) is 16.9. The smallest absolute Gasteiger partial charge is 0.251 e. The molecule has 4 rings (SSSR count). The first kappa shape index (κ1) is 17.3. The van der Waals surface area contributed by atoms with Crippen LogP contribution in [0.25, 0.3) is 17.2 Å².